The molecule has 0 radical (unpaired) electrons. The fourth-order valence-corrected chi connectivity index (χ4v) is 3.46. The molecule has 7 nitrogen and oxygen atoms in total. The lowest BCUT2D eigenvalue weighted by atomic mass is 10.1. The smallest absolute Gasteiger partial charge is 0.283 e. The summed E-state index contributed by atoms with van der Waals surface area (Å²) >= 11 is 5.81. The first-order valence-electron chi connectivity index (χ1n) is 9.21. The molecule has 4 aromatic rings. The third kappa shape index (κ3) is 4.16. The van der Waals surface area contributed by atoms with Crippen LogP contribution >= 0.6 is 11.6 Å². The highest BCUT2D eigenvalue weighted by molar-refractivity contribution is 6.31. The monoisotopic (exact) mass is 420 g/mol. The molecule has 0 bridgehead atoms. The van der Waals surface area contributed by atoms with E-state index in [1.54, 1.807) is 6.33 Å². The first-order chi connectivity index (χ1) is 14.5. The zero-order valence-electron chi connectivity index (χ0n) is 15.8. The Balaban J connectivity index is 1.48. The summed E-state index contributed by atoms with van der Waals surface area (Å²) in [7, 11) is 0. The molecular formula is C22H17ClN4O3. The molecule has 30 heavy (non-hydrogen) atoms. The normalized spacial score (nSPS) is 10.8. The van der Waals surface area contributed by atoms with Crippen LogP contribution in [0.1, 0.15) is 21.5 Å². The summed E-state index contributed by atoms with van der Waals surface area (Å²) in [5, 5.41) is 14.1. The van der Waals surface area contributed by atoms with Crippen molar-refractivity contribution in [1.82, 2.24) is 14.9 Å². The summed E-state index contributed by atoms with van der Waals surface area (Å²) in [6.45, 7) is 0.891. The molecule has 0 atom stereocenters. The molecule has 1 amide bonds. The van der Waals surface area contributed by atoms with Crippen LogP contribution in [0.15, 0.2) is 73.1 Å². The molecule has 150 valence electrons. The number of rotatable bonds is 6. The maximum absolute atomic E-state index is 12.5. The van der Waals surface area contributed by atoms with E-state index in [-0.39, 0.29) is 22.8 Å². The average Bonchev–Trinajstić information content (AvgIpc) is 3.15. The third-order valence-electron chi connectivity index (χ3n) is 4.73. The van der Waals surface area contributed by atoms with Gasteiger partial charge in [0.05, 0.1) is 22.3 Å². The van der Waals surface area contributed by atoms with Gasteiger partial charge in [-0.1, -0.05) is 48.0 Å². The highest BCUT2D eigenvalue weighted by Gasteiger charge is 2.20. The molecule has 1 aromatic heterocycles. The van der Waals surface area contributed by atoms with Crippen molar-refractivity contribution in [2.24, 2.45) is 0 Å². The van der Waals surface area contributed by atoms with Crippen LogP contribution in [0.2, 0.25) is 5.02 Å². The fraction of sp³-hybridized carbons (Fsp3) is 0.0909. The topological polar surface area (TPSA) is 90.1 Å². The number of imidazole rings is 1. The van der Waals surface area contributed by atoms with E-state index < -0.39 is 10.8 Å². The molecule has 0 aliphatic heterocycles. The number of halogens is 1. The fourth-order valence-electron chi connectivity index (χ4n) is 3.30. The minimum Gasteiger partial charge on any atom is -0.348 e. The number of para-hydroxylation sites is 2. The van der Waals surface area contributed by atoms with Crippen molar-refractivity contribution in [3.63, 3.8) is 0 Å². The number of fused-ring (bicyclic) bond motifs is 1. The first-order valence-corrected chi connectivity index (χ1v) is 9.59. The molecule has 0 fully saturated rings. The first kappa shape index (κ1) is 19.6. The third-order valence-corrected chi connectivity index (χ3v) is 4.96. The Kier molecular flexibility index (Phi) is 5.45. The van der Waals surface area contributed by atoms with Gasteiger partial charge in [-0.25, -0.2) is 4.98 Å². The zero-order valence-corrected chi connectivity index (χ0v) is 16.5. The Labute approximate surface area is 177 Å². The van der Waals surface area contributed by atoms with E-state index in [9.17, 15) is 14.9 Å². The lowest BCUT2D eigenvalue weighted by Crippen LogP contribution is -2.23. The van der Waals surface area contributed by atoms with Crippen molar-refractivity contribution in [3.05, 3.63) is 105 Å². The van der Waals surface area contributed by atoms with Gasteiger partial charge >= 0.3 is 0 Å². The Morgan fingerprint density at radius 3 is 2.70 bits per heavy atom. The van der Waals surface area contributed by atoms with E-state index in [1.807, 2.05) is 48.5 Å². The van der Waals surface area contributed by atoms with Crippen LogP contribution in [0.25, 0.3) is 11.0 Å². The van der Waals surface area contributed by atoms with E-state index in [0.717, 1.165) is 22.2 Å². The van der Waals surface area contributed by atoms with Crippen LogP contribution in [0, 0.1) is 10.1 Å². The number of nitro benzene ring substituents is 1. The van der Waals surface area contributed by atoms with E-state index in [4.69, 9.17) is 11.6 Å². The van der Waals surface area contributed by atoms with Crippen LogP contribution < -0.4 is 5.32 Å². The molecule has 1 heterocycles. The van der Waals surface area contributed by atoms with Crippen LogP contribution in [-0.4, -0.2) is 20.4 Å². The van der Waals surface area contributed by atoms with E-state index in [2.05, 4.69) is 14.9 Å². The molecule has 0 unspecified atom stereocenters. The summed E-state index contributed by atoms with van der Waals surface area (Å²) in [5.74, 6) is -0.524. The van der Waals surface area contributed by atoms with Crippen LogP contribution in [0.4, 0.5) is 5.69 Å². The number of nitrogens with one attached hydrogen (secondary N) is 1. The molecule has 0 saturated carbocycles. The van der Waals surface area contributed by atoms with Gasteiger partial charge in [-0.2, -0.15) is 0 Å². The number of hydrogen-bond acceptors (Lipinski definition) is 4. The molecule has 3 aromatic carbocycles. The second-order valence-electron chi connectivity index (χ2n) is 6.78. The predicted molar refractivity (Wildman–Crippen MR) is 115 cm³/mol. The number of benzene rings is 3. The van der Waals surface area contributed by atoms with Crippen LogP contribution in [0.5, 0.6) is 0 Å². The maximum Gasteiger partial charge on any atom is 0.283 e. The van der Waals surface area contributed by atoms with Crippen molar-refractivity contribution in [2.45, 2.75) is 13.1 Å². The highest BCUT2D eigenvalue weighted by atomic mass is 35.5. The minimum atomic E-state index is -0.614. The van der Waals surface area contributed by atoms with E-state index in [1.165, 1.54) is 18.2 Å². The number of nitrogens with zero attached hydrogens (tertiary/aromatic N) is 3. The molecule has 1 N–H and O–H groups in total. The number of aromatic nitrogens is 2. The van der Waals surface area contributed by atoms with Gasteiger partial charge in [0.15, 0.2) is 0 Å². The van der Waals surface area contributed by atoms with Gasteiger partial charge in [-0.15, -0.1) is 0 Å². The van der Waals surface area contributed by atoms with Crippen molar-refractivity contribution < 1.29 is 9.72 Å². The number of nitro groups is 1. The van der Waals surface area contributed by atoms with E-state index in [0.29, 0.717) is 6.54 Å². The van der Waals surface area contributed by atoms with Gasteiger partial charge in [0, 0.05) is 24.2 Å². The Bertz CT molecular complexity index is 1250. The summed E-state index contributed by atoms with van der Waals surface area (Å²) in [5.41, 5.74) is 3.59. The standard InChI is InChI=1S/C22H17ClN4O3/c23-17-8-9-18(21(11-17)27(29)30)22(28)24-12-15-4-3-5-16(10-15)13-26-14-25-19-6-1-2-7-20(19)26/h1-11,14H,12-13H2,(H,24,28). The Morgan fingerprint density at radius 1 is 1.07 bits per heavy atom. The Hall–Kier alpha value is -3.71. The largest absolute Gasteiger partial charge is 0.348 e. The molecule has 0 saturated heterocycles. The molecular weight excluding hydrogens is 404 g/mol. The maximum atomic E-state index is 12.5. The quantitative estimate of drug-likeness (QED) is 0.365. The number of hydrogen-bond donors (Lipinski definition) is 1. The van der Waals surface area contributed by atoms with Crippen LogP contribution in [-0.2, 0) is 13.1 Å². The number of carbonyl (C=O) groups is 1. The van der Waals surface area contributed by atoms with Gasteiger partial charge in [0.1, 0.15) is 5.56 Å². The van der Waals surface area contributed by atoms with Crippen molar-refractivity contribution in [2.75, 3.05) is 0 Å². The van der Waals surface area contributed by atoms with E-state index >= 15 is 0 Å². The minimum absolute atomic E-state index is 0.0227. The molecule has 0 aliphatic carbocycles. The summed E-state index contributed by atoms with van der Waals surface area (Å²) < 4.78 is 2.06. The predicted octanol–water partition coefficient (Wildman–Crippen LogP) is 4.58. The second kappa shape index (κ2) is 8.34. The zero-order chi connectivity index (χ0) is 21.1. The van der Waals surface area contributed by atoms with Gasteiger partial charge in [-0.05, 0) is 35.4 Å². The molecule has 8 heteroatoms. The lowest BCUT2D eigenvalue weighted by molar-refractivity contribution is -0.385. The van der Waals surface area contributed by atoms with Crippen molar-refractivity contribution >= 4 is 34.2 Å². The van der Waals surface area contributed by atoms with Gasteiger partial charge in [-0.3, -0.25) is 14.9 Å². The lowest BCUT2D eigenvalue weighted by Gasteiger charge is -2.09. The summed E-state index contributed by atoms with van der Waals surface area (Å²) in [6.07, 6.45) is 1.80. The molecule has 0 aliphatic rings. The number of carbonyl (C=O) groups excluding carboxylic acids is 1. The van der Waals surface area contributed by atoms with Gasteiger partial charge in [0.2, 0.25) is 0 Å². The van der Waals surface area contributed by atoms with Crippen LogP contribution in [0.3, 0.4) is 0 Å². The average molecular weight is 421 g/mol. The molecule has 4 rings (SSSR count). The van der Waals surface area contributed by atoms with Crippen molar-refractivity contribution in [1.29, 1.82) is 0 Å². The van der Waals surface area contributed by atoms with Gasteiger partial charge < -0.3 is 9.88 Å². The molecule has 0 spiro atoms. The van der Waals surface area contributed by atoms with Gasteiger partial charge in [0.25, 0.3) is 11.6 Å². The summed E-state index contributed by atoms with van der Waals surface area (Å²) in [6, 6.07) is 19.7. The second-order valence-corrected chi connectivity index (χ2v) is 7.22. The summed E-state index contributed by atoms with van der Waals surface area (Å²) in [4.78, 5) is 27.5. The van der Waals surface area contributed by atoms with Crippen molar-refractivity contribution in [3.8, 4) is 0 Å². The number of amides is 1. The SMILES string of the molecule is O=C(NCc1cccc(Cn2cnc3ccccc32)c1)c1ccc(Cl)cc1[N+](=O)[O-]. The Morgan fingerprint density at radius 2 is 1.87 bits per heavy atom. The highest BCUT2D eigenvalue weighted by Crippen LogP contribution is 2.23.